The maximum atomic E-state index is 13.0. The highest BCUT2D eigenvalue weighted by molar-refractivity contribution is 5.95. The monoisotopic (exact) mass is 448 g/mol. The maximum Gasteiger partial charge on any atom is 0.253 e. The quantitative estimate of drug-likeness (QED) is 0.738. The van der Waals surface area contributed by atoms with Gasteiger partial charge in [-0.2, -0.15) is 0 Å². The van der Waals surface area contributed by atoms with Crippen molar-refractivity contribution in [1.82, 2.24) is 14.7 Å². The van der Waals surface area contributed by atoms with E-state index >= 15 is 0 Å². The van der Waals surface area contributed by atoms with Gasteiger partial charge in [-0.15, -0.1) is 0 Å². The molecule has 4 rings (SSSR count). The molecule has 0 spiro atoms. The Labute approximate surface area is 195 Å². The fraction of sp³-hybridized carbons (Fsp3) is 0.423. The molecule has 0 aliphatic carbocycles. The minimum absolute atomic E-state index is 0.00378. The standard InChI is InChI=1S/C26H32N4O3/c1-19-6-3-9-23(20(19)2)27-24(31)18-28-12-14-29(15-13-28)26(33)22-8-4-7-21(16-22)17-30-11-5-10-25(30)32/h3-4,6-9,16H,5,10-15,17-18H2,1-2H3,(H,27,31). The van der Waals surface area contributed by atoms with Crippen LogP contribution < -0.4 is 5.32 Å². The van der Waals surface area contributed by atoms with E-state index in [9.17, 15) is 14.4 Å². The van der Waals surface area contributed by atoms with Gasteiger partial charge in [0.05, 0.1) is 6.54 Å². The molecule has 2 heterocycles. The Morgan fingerprint density at radius 2 is 1.73 bits per heavy atom. The maximum absolute atomic E-state index is 13.0. The van der Waals surface area contributed by atoms with E-state index in [0.717, 1.165) is 35.3 Å². The Morgan fingerprint density at radius 1 is 0.970 bits per heavy atom. The number of hydrogen-bond donors (Lipinski definition) is 1. The molecule has 0 unspecified atom stereocenters. The van der Waals surface area contributed by atoms with Gasteiger partial charge in [-0.25, -0.2) is 0 Å². The summed E-state index contributed by atoms with van der Waals surface area (Å²) in [4.78, 5) is 43.2. The molecule has 7 nitrogen and oxygen atoms in total. The van der Waals surface area contributed by atoms with Crippen molar-refractivity contribution in [3.8, 4) is 0 Å². The van der Waals surface area contributed by atoms with Crippen LogP contribution in [-0.4, -0.2) is 71.7 Å². The molecule has 0 saturated carbocycles. The molecule has 2 saturated heterocycles. The molecule has 33 heavy (non-hydrogen) atoms. The van der Waals surface area contributed by atoms with Gasteiger partial charge in [-0.3, -0.25) is 19.3 Å². The third kappa shape index (κ3) is 5.60. The Bertz CT molecular complexity index is 1040. The van der Waals surface area contributed by atoms with Gasteiger partial charge >= 0.3 is 0 Å². The van der Waals surface area contributed by atoms with Crippen LogP contribution in [-0.2, 0) is 16.1 Å². The summed E-state index contributed by atoms with van der Waals surface area (Å²) in [5, 5.41) is 3.01. The van der Waals surface area contributed by atoms with Crippen molar-refractivity contribution in [1.29, 1.82) is 0 Å². The molecule has 2 aliphatic heterocycles. The number of carbonyl (C=O) groups excluding carboxylic acids is 3. The topological polar surface area (TPSA) is 73.0 Å². The van der Waals surface area contributed by atoms with Crippen LogP contribution in [0.2, 0.25) is 0 Å². The fourth-order valence-corrected chi connectivity index (χ4v) is 4.47. The van der Waals surface area contributed by atoms with Crippen LogP contribution >= 0.6 is 0 Å². The number of hydrogen-bond acceptors (Lipinski definition) is 4. The molecule has 0 radical (unpaired) electrons. The average Bonchev–Trinajstić information content (AvgIpc) is 3.21. The van der Waals surface area contributed by atoms with E-state index in [2.05, 4.69) is 10.2 Å². The number of nitrogens with one attached hydrogen (secondary N) is 1. The van der Waals surface area contributed by atoms with Crippen molar-refractivity contribution in [3.05, 3.63) is 64.7 Å². The van der Waals surface area contributed by atoms with Crippen molar-refractivity contribution >= 4 is 23.4 Å². The second-order valence-corrected chi connectivity index (χ2v) is 8.98. The number of aryl methyl sites for hydroxylation is 1. The molecular formula is C26H32N4O3. The predicted octanol–water partition coefficient (Wildman–Crippen LogP) is 2.82. The molecule has 2 aromatic carbocycles. The number of benzene rings is 2. The Kier molecular flexibility index (Phi) is 7.08. The van der Waals surface area contributed by atoms with Crippen LogP contribution in [0.5, 0.6) is 0 Å². The van der Waals surface area contributed by atoms with E-state index in [1.54, 1.807) is 0 Å². The van der Waals surface area contributed by atoms with Gasteiger partial charge in [0.15, 0.2) is 0 Å². The summed E-state index contributed by atoms with van der Waals surface area (Å²) in [6, 6.07) is 13.5. The number of piperazine rings is 1. The van der Waals surface area contributed by atoms with E-state index in [-0.39, 0.29) is 17.7 Å². The second-order valence-electron chi connectivity index (χ2n) is 8.98. The first-order valence-corrected chi connectivity index (χ1v) is 11.6. The fourth-order valence-electron chi connectivity index (χ4n) is 4.47. The van der Waals surface area contributed by atoms with Gasteiger partial charge in [0.25, 0.3) is 5.91 Å². The summed E-state index contributed by atoms with van der Waals surface area (Å²) in [7, 11) is 0. The summed E-state index contributed by atoms with van der Waals surface area (Å²) in [5.74, 6) is 0.154. The lowest BCUT2D eigenvalue weighted by Crippen LogP contribution is -2.50. The molecule has 0 aromatic heterocycles. The van der Waals surface area contributed by atoms with Crippen LogP contribution in [0.25, 0.3) is 0 Å². The number of anilines is 1. The first-order valence-electron chi connectivity index (χ1n) is 11.6. The van der Waals surface area contributed by atoms with Crippen molar-refractivity contribution in [3.63, 3.8) is 0 Å². The summed E-state index contributed by atoms with van der Waals surface area (Å²) >= 11 is 0. The van der Waals surface area contributed by atoms with Crippen molar-refractivity contribution in [2.75, 3.05) is 44.6 Å². The Hall–Kier alpha value is -3.19. The van der Waals surface area contributed by atoms with E-state index in [1.807, 2.05) is 66.1 Å². The summed E-state index contributed by atoms with van der Waals surface area (Å²) in [6.07, 6.45) is 1.52. The van der Waals surface area contributed by atoms with Crippen molar-refractivity contribution in [2.24, 2.45) is 0 Å². The molecule has 0 atom stereocenters. The van der Waals surface area contributed by atoms with Crippen molar-refractivity contribution < 1.29 is 14.4 Å². The lowest BCUT2D eigenvalue weighted by molar-refractivity contribution is -0.128. The third-order valence-corrected chi connectivity index (χ3v) is 6.62. The molecule has 2 fully saturated rings. The first kappa shape index (κ1) is 23.0. The SMILES string of the molecule is Cc1cccc(NC(=O)CN2CCN(C(=O)c3cccc(CN4CCCC4=O)c3)CC2)c1C. The zero-order valence-electron chi connectivity index (χ0n) is 19.5. The van der Waals surface area contributed by atoms with Gasteiger partial charge in [0.1, 0.15) is 0 Å². The van der Waals surface area contributed by atoms with Gasteiger partial charge in [0.2, 0.25) is 11.8 Å². The van der Waals surface area contributed by atoms with Gasteiger partial charge in [-0.05, 0) is 55.2 Å². The zero-order chi connectivity index (χ0) is 23.4. The largest absolute Gasteiger partial charge is 0.338 e. The van der Waals surface area contributed by atoms with Gasteiger partial charge in [-0.1, -0.05) is 24.3 Å². The Morgan fingerprint density at radius 3 is 2.45 bits per heavy atom. The number of nitrogens with zero attached hydrogens (tertiary/aromatic N) is 3. The minimum atomic E-state index is -0.0346. The third-order valence-electron chi connectivity index (χ3n) is 6.62. The molecule has 3 amide bonds. The summed E-state index contributed by atoms with van der Waals surface area (Å²) in [6.45, 7) is 8.20. The molecule has 0 bridgehead atoms. The molecular weight excluding hydrogens is 416 g/mol. The van der Waals surface area contributed by atoms with E-state index in [0.29, 0.717) is 51.3 Å². The molecule has 7 heteroatoms. The van der Waals surface area contributed by atoms with Crippen molar-refractivity contribution in [2.45, 2.75) is 33.2 Å². The van der Waals surface area contributed by atoms with Crippen LogP contribution in [0.15, 0.2) is 42.5 Å². The molecule has 2 aromatic rings. The second kappa shape index (κ2) is 10.2. The van der Waals surface area contributed by atoms with Crippen LogP contribution in [0, 0.1) is 13.8 Å². The normalized spacial score (nSPS) is 16.8. The highest BCUT2D eigenvalue weighted by atomic mass is 16.2. The average molecular weight is 449 g/mol. The van der Waals surface area contributed by atoms with E-state index in [4.69, 9.17) is 0 Å². The highest BCUT2D eigenvalue weighted by Crippen LogP contribution is 2.19. The van der Waals surface area contributed by atoms with E-state index in [1.165, 1.54) is 0 Å². The molecule has 1 N–H and O–H groups in total. The van der Waals surface area contributed by atoms with Gasteiger partial charge < -0.3 is 15.1 Å². The lowest BCUT2D eigenvalue weighted by Gasteiger charge is -2.34. The number of likely N-dealkylation sites (tertiary alicyclic amines) is 1. The summed E-state index contributed by atoms with van der Waals surface area (Å²) in [5.41, 5.74) is 4.72. The number of rotatable bonds is 6. The minimum Gasteiger partial charge on any atom is -0.338 e. The molecule has 2 aliphatic rings. The number of carbonyl (C=O) groups is 3. The van der Waals surface area contributed by atoms with Crippen LogP contribution in [0.1, 0.15) is 39.9 Å². The first-order chi connectivity index (χ1) is 15.9. The summed E-state index contributed by atoms with van der Waals surface area (Å²) < 4.78 is 0. The highest BCUT2D eigenvalue weighted by Gasteiger charge is 2.24. The number of amides is 3. The Balaban J connectivity index is 1.28. The smallest absolute Gasteiger partial charge is 0.253 e. The lowest BCUT2D eigenvalue weighted by atomic mass is 10.1. The van der Waals surface area contributed by atoms with Crippen LogP contribution in [0.3, 0.4) is 0 Å². The van der Waals surface area contributed by atoms with Gasteiger partial charge in [0, 0.05) is 56.9 Å². The van der Waals surface area contributed by atoms with E-state index < -0.39 is 0 Å². The predicted molar refractivity (Wildman–Crippen MR) is 128 cm³/mol. The zero-order valence-corrected chi connectivity index (χ0v) is 19.5. The van der Waals surface area contributed by atoms with Crippen LogP contribution in [0.4, 0.5) is 5.69 Å². The molecule has 174 valence electrons.